The molecule has 0 radical (unpaired) electrons. The maximum absolute atomic E-state index is 9.24. The normalized spacial score (nSPS) is 16.6. The van der Waals surface area contributed by atoms with E-state index >= 15 is 0 Å². The molecule has 1 aromatic carbocycles. The van der Waals surface area contributed by atoms with Crippen LogP contribution in [0, 0.1) is 0 Å². The van der Waals surface area contributed by atoms with Crippen molar-refractivity contribution >= 4 is 5.57 Å². The van der Waals surface area contributed by atoms with Crippen molar-refractivity contribution in [1.29, 1.82) is 0 Å². The fourth-order valence-corrected chi connectivity index (χ4v) is 3.18. The summed E-state index contributed by atoms with van der Waals surface area (Å²) in [6, 6.07) is 7.18. The zero-order valence-corrected chi connectivity index (χ0v) is 9.60. The van der Waals surface area contributed by atoms with Gasteiger partial charge in [-0.05, 0) is 0 Å². The Balaban J connectivity index is 2.28. The Morgan fingerprint density at radius 3 is 2.29 bits per heavy atom. The average Bonchev–Trinajstić information content (AvgIpc) is 2.21. The van der Waals surface area contributed by atoms with Crippen molar-refractivity contribution in [2.75, 3.05) is 4.43 Å². The Hall–Kier alpha value is -0.970. The van der Waals surface area contributed by atoms with Crippen molar-refractivity contribution in [3.05, 3.63) is 45.7 Å². The summed E-state index contributed by atoms with van der Waals surface area (Å²) in [6.45, 7) is 0. The third kappa shape index (κ3) is 2.09. The molecule has 2 rings (SSSR count). The van der Waals surface area contributed by atoms with Gasteiger partial charge in [-0.15, -0.1) is 0 Å². The third-order valence-electron chi connectivity index (χ3n) is 2.01. The summed E-state index contributed by atoms with van der Waals surface area (Å²) in [5.41, 5.74) is 2.38. The van der Waals surface area contributed by atoms with Gasteiger partial charge in [0.25, 0.3) is 0 Å². The Labute approximate surface area is 92.8 Å². The van der Waals surface area contributed by atoms with Gasteiger partial charge in [-0.3, -0.25) is 0 Å². The molecule has 2 N–H and O–H groups in total. The number of phenols is 1. The summed E-state index contributed by atoms with van der Waals surface area (Å²) in [5, 5.41) is 18.4. The second-order valence-corrected chi connectivity index (χ2v) is 5.63. The van der Waals surface area contributed by atoms with Crippen molar-refractivity contribution in [3.63, 3.8) is 0 Å². The van der Waals surface area contributed by atoms with E-state index in [9.17, 15) is 5.11 Å². The van der Waals surface area contributed by atoms with E-state index in [1.165, 1.54) is 5.57 Å². The first-order chi connectivity index (χ1) is 6.75. The molecule has 0 saturated heterocycles. The van der Waals surface area contributed by atoms with Gasteiger partial charge in [0.2, 0.25) is 0 Å². The number of aliphatic hydroxyl groups is 1. The summed E-state index contributed by atoms with van der Waals surface area (Å²) in [4.78, 5) is 0. The summed E-state index contributed by atoms with van der Waals surface area (Å²) in [5.74, 6) is 0.290. The number of hydrogen-bond acceptors (Lipinski definition) is 2. The van der Waals surface area contributed by atoms with Gasteiger partial charge in [0.1, 0.15) is 0 Å². The van der Waals surface area contributed by atoms with Gasteiger partial charge in [0.05, 0.1) is 0 Å². The number of phenolic OH excluding ortho intramolecular Hbond substituents is 1. The molecule has 1 aliphatic heterocycles. The molecular formula is C11H10IO2-. The van der Waals surface area contributed by atoms with E-state index in [4.69, 9.17) is 5.11 Å². The molecule has 0 atom stereocenters. The van der Waals surface area contributed by atoms with Crippen LogP contribution in [0.3, 0.4) is 0 Å². The second kappa shape index (κ2) is 4.04. The molecule has 14 heavy (non-hydrogen) atoms. The fourth-order valence-electron chi connectivity index (χ4n) is 1.25. The number of alkyl halides is 1. The van der Waals surface area contributed by atoms with Crippen molar-refractivity contribution in [2.24, 2.45) is 0 Å². The molecule has 1 aliphatic rings. The summed E-state index contributed by atoms with van der Waals surface area (Å²) in [7, 11) is 0. The number of aromatic hydroxyl groups is 1. The van der Waals surface area contributed by atoms with Crippen LogP contribution in [0.4, 0.5) is 0 Å². The van der Waals surface area contributed by atoms with Gasteiger partial charge in [0.15, 0.2) is 0 Å². The Bertz CT molecular complexity index is 390. The minimum absolute atomic E-state index is 0.236. The Morgan fingerprint density at radius 1 is 1.00 bits per heavy atom. The molecule has 1 heterocycles. The average molecular weight is 301 g/mol. The monoisotopic (exact) mass is 301 g/mol. The molecule has 0 bridgehead atoms. The van der Waals surface area contributed by atoms with E-state index in [2.05, 4.69) is 0 Å². The quantitative estimate of drug-likeness (QED) is 0.531. The molecule has 0 aromatic heterocycles. The van der Waals surface area contributed by atoms with E-state index in [1.54, 1.807) is 18.2 Å². The van der Waals surface area contributed by atoms with Crippen molar-refractivity contribution in [2.45, 2.75) is 0 Å². The fraction of sp³-hybridized carbons (Fsp3) is 0.0909. The minimum atomic E-state index is -0.236. The van der Waals surface area contributed by atoms with Gasteiger partial charge in [0, 0.05) is 0 Å². The molecule has 0 amide bonds. The van der Waals surface area contributed by atoms with Crippen LogP contribution >= 0.6 is 0 Å². The SMILES string of the molecule is OC1=CC=C(c2ccc(O)cc2)C[I-]1. The molecule has 0 spiro atoms. The predicted octanol–water partition coefficient (Wildman–Crippen LogP) is -0.722. The second-order valence-electron chi connectivity index (χ2n) is 3.00. The predicted molar refractivity (Wildman–Crippen MR) is 51.7 cm³/mol. The summed E-state index contributed by atoms with van der Waals surface area (Å²) >= 11 is -0.236. The summed E-state index contributed by atoms with van der Waals surface area (Å²) in [6.07, 6.45) is 3.73. The first-order valence-corrected chi connectivity index (χ1v) is 6.84. The number of aliphatic hydroxyl groups excluding tert-OH is 1. The van der Waals surface area contributed by atoms with E-state index in [0.29, 0.717) is 9.52 Å². The van der Waals surface area contributed by atoms with Crippen molar-refractivity contribution in [1.82, 2.24) is 0 Å². The van der Waals surface area contributed by atoms with Gasteiger partial charge in [-0.2, -0.15) is 0 Å². The molecule has 74 valence electrons. The number of halogens is 1. The maximum atomic E-state index is 9.24. The molecule has 0 saturated carbocycles. The van der Waals surface area contributed by atoms with Crippen LogP contribution in [-0.4, -0.2) is 14.6 Å². The van der Waals surface area contributed by atoms with Gasteiger partial charge < -0.3 is 0 Å². The topological polar surface area (TPSA) is 40.5 Å². The van der Waals surface area contributed by atoms with E-state index in [1.807, 2.05) is 18.2 Å². The molecule has 2 nitrogen and oxygen atoms in total. The van der Waals surface area contributed by atoms with E-state index < -0.39 is 0 Å². The molecule has 0 fully saturated rings. The molecular weight excluding hydrogens is 291 g/mol. The molecule has 0 aliphatic carbocycles. The van der Waals surface area contributed by atoms with E-state index in [0.717, 1.165) is 9.99 Å². The van der Waals surface area contributed by atoms with Gasteiger partial charge >= 0.3 is 92.9 Å². The van der Waals surface area contributed by atoms with E-state index in [-0.39, 0.29) is 21.2 Å². The number of hydrogen-bond donors (Lipinski definition) is 2. The van der Waals surface area contributed by atoms with Crippen LogP contribution in [-0.2, 0) is 0 Å². The van der Waals surface area contributed by atoms with Gasteiger partial charge in [-0.25, -0.2) is 0 Å². The molecule has 1 aromatic rings. The Morgan fingerprint density at radius 2 is 1.71 bits per heavy atom. The van der Waals surface area contributed by atoms with Crippen molar-refractivity contribution in [3.8, 4) is 5.75 Å². The zero-order valence-electron chi connectivity index (χ0n) is 7.44. The van der Waals surface area contributed by atoms with Crippen LogP contribution in [0.2, 0.25) is 0 Å². The molecule has 0 unspecified atom stereocenters. The van der Waals surface area contributed by atoms with Crippen LogP contribution < -0.4 is 21.2 Å². The Kier molecular flexibility index (Phi) is 2.77. The summed E-state index contributed by atoms with van der Waals surface area (Å²) < 4.78 is 1.51. The van der Waals surface area contributed by atoms with Crippen LogP contribution in [0.5, 0.6) is 5.75 Å². The number of benzene rings is 1. The van der Waals surface area contributed by atoms with Crippen LogP contribution in [0.15, 0.2) is 40.2 Å². The van der Waals surface area contributed by atoms with Crippen LogP contribution in [0.1, 0.15) is 5.56 Å². The standard InChI is InChI=1S/C11H10IO2/c13-10-4-1-8(2-5-10)9-3-6-11(14)12-7-9/h1-6,13-14H,7H2/q-1. The number of allylic oxidation sites excluding steroid dienone is 3. The van der Waals surface area contributed by atoms with Crippen LogP contribution in [0.25, 0.3) is 5.57 Å². The number of rotatable bonds is 1. The first kappa shape index (κ1) is 9.58. The van der Waals surface area contributed by atoms with Gasteiger partial charge in [-0.1, -0.05) is 0 Å². The third-order valence-corrected chi connectivity index (χ3v) is 4.35. The molecule has 3 heteroatoms. The zero-order chi connectivity index (χ0) is 9.97. The van der Waals surface area contributed by atoms with Crippen molar-refractivity contribution < 1.29 is 31.4 Å². The first-order valence-electron chi connectivity index (χ1n) is 4.24.